The van der Waals surface area contributed by atoms with Gasteiger partial charge < -0.3 is 15.0 Å². The molecular formula is C13H23N3O2. The molecule has 5 nitrogen and oxygen atoms in total. The number of rotatable bonds is 5. The molecule has 1 fully saturated rings. The Bertz CT molecular complexity index is 359. The first-order valence-electron chi connectivity index (χ1n) is 6.85. The molecule has 0 bridgehead atoms. The third-order valence-electron chi connectivity index (χ3n) is 3.21. The van der Waals surface area contributed by atoms with E-state index in [1.807, 2.05) is 0 Å². The Morgan fingerprint density at radius 3 is 2.89 bits per heavy atom. The average Bonchev–Trinajstić information content (AvgIpc) is 2.78. The summed E-state index contributed by atoms with van der Waals surface area (Å²) >= 11 is 0. The van der Waals surface area contributed by atoms with Gasteiger partial charge in [-0.3, -0.25) is 0 Å². The highest BCUT2D eigenvalue weighted by atomic mass is 16.5. The monoisotopic (exact) mass is 253 g/mol. The molecule has 0 aromatic carbocycles. The van der Waals surface area contributed by atoms with E-state index in [0.717, 1.165) is 38.1 Å². The van der Waals surface area contributed by atoms with Crippen LogP contribution in [0.2, 0.25) is 0 Å². The molecular weight excluding hydrogens is 230 g/mol. The van der Waals surface area contributed by atoms with Crippen molar-refractivity contribution in [3.63, 3.8) is 0 Å². The van der Waals surface area contributed by atoms with Gasteiger partial charge in [0.2, 0.25) is 5.89 Å². The van der Waals surface area contributed by atoms with Crippen LogP contribution < -0.4 is 5.73 Å². The molecule has 1 aromatic heterocycles. The molecule has 5 heteroatoms. The molecule has 0 saturated carbocycles. The van der Waals surface area contributed by atoms with E-state index in [2.05, 4.69) is 24.0 Å². The summed E-state index contributed by atoms with van der Waals surface area (Å²) in [4.78, 5) is 4.37. The Balaban J connectivity index is 1.88. The largest absolute Gasteiger partial charge is 0.378 e. The van der Waals surface area contributed by atoms with Crippen LogP contribution in [0.4, 0.5) is 0 Å². The Morgan fingerprint density at radius 1 is 1.39 bits per heavy atom. The molecule has 2 rings (SSSR count). The van der Waals surface area contributed by atoms with E-state index in [1.54, 1.807) is 0 Å². The molecule has 18 heavy (non-hydrogen) atoms. The van der Waals surface area contributed by atoms with Gasteiger partial charge in [-0.05, 0) is 31.6 Å². The van der Waals surface area contributed by atoms with Crippen molar-refractivity contribution in [2.24, 2.45) is 11.7 Å². The van der Waals surface area contributed by atoms with E-state index < -0.39 is 0 Å². The van der Waals surface area contributed by atoms with Crippen molar-refractivity contribution >= 4 is 0 Å². The van der Waals surface area contributed by atoms with Crippen molar-refractivity contribution < 1.29 is 9.26 Å². The van der Waals surface area contributed by atoms with E-state index in [9.17, 15) is 0 Å². The van der Waals surface area contributed by atoms with Crippen LogP contribution in [0.15, 0.2) is 4.52 Å². The summed E-state index contributed by atoms with van der Waals surface area (Å²) in [5.41, 5.74) is 6.01. The number of nitrogens with zero attached hydrogens (tertiary/aromatic N) is 2. The van der Waals surface area contributed by atoms with Crippen LogP contribution in [0.5, 0.6) is 0 Å². The van der Waals surface area contributed by atoms with Crippen LogP contribution in [0, 0.1) is 5.92 Å². The smallest absolute Gasteiger partial charge is 0.243 e. The molecule has 0 spiro atoms. The molecule has 2 heterocycles. The minimum Gasteiger partial charge on any atom is -0.378 e. The lowest BCUT2D eigenvalue weighted by atomic mass is 10.0. The maximum absolute atomic E-state index is 6.01. The summed E-state index contributed by atoms with van der Waals surface area (Å²) in [7, 11) is 0. The van der Waals surface area contributed by atoms with E-state index in [-0.39, 0.29) is 12.1 Å². The topological polar surface area (TPSA) is 74.2 Å². The number of hydrogen-bond donors (Lipinski definition) is 1. The first-order valence-corrected chi connectivity index (χ1v) is 6.85. The third kappa shape index (κ3) is 3.78. The van der Waals surface area contributed by atoms with Crippen LogP contribution in [0.1, 0.15) is 57.3 Å². The van der Waals surface area contributed by atoms with Gasteiger partial charge in [-0.15, -0.1) is 0 Å². The third-order valence-corrected chi connectivity index (χ3v) is 3.21. The van der Waals surface area contributed by atoms with Crippen LogP contribution in [0.3, 0.4) is 0 Å². The highest BCUT2D eigenvalue weighted by Gasteiger charge is 2.20. The zero-order valence-electron chi connectivity index (χ0n) is 11.3. The molecule has 2 atom stereocenters. The van der Waals surface area contributed by atoms with Gasteiger partial charge in [0.15, 0.2) is 5.82 Å². The molecule has 102 valence electrons. The first kappa shape index (κ1) is 13.5. The fraction of sp³-hybridized carbons (Fsp3) is 0.846. The Hall–Kier alpha value is -0.940. The second kappa shape index (κ2) is 6.29. The van der Waals surface area contributed by atoms with Crippen molar-refractivity contribution in [2.45, 2.75) is 58.1 Å². The van der Waals surface area contributed by atoms with Gasteiger partial charge in [0, 0.05) is 13.0 Å². The Morgan fingerprint density at radius 2 is 2.22 bits per heavy atom. The van der Waals surface area contributed by atoms with E-state index in [4.69, 9.17) is 15.0 Å². The fourth-order valence-electron chi connectivity index (χ4n) is 2.28. The SMILES string of the molecule is CC(C)CC(N)c1nc(CC2CCCCO2)no1. The van der Waals surface area contributed by atoms with Crippen molar-refractivity contribution in [1.29, 1.82) is 0 Å². The van der Waals surface area contributed by atoms with Gasteiger partial charge in [-0.2, -0.15) is 4.98 Å². The summed E-state index contributed by atoms with van der Waals surface area (Å²) in [6.07, 6.45) is 5.31. The zero-order valence-corrected chi connectivity index (χ0v) is 11.3. The van der Waals surface area contributed by atoms with Crippen LogP contribution in [0.25, 0.3) is 0 Å². The lowest BCUT2D eigenvalue weighted by Gasteiger charge is -2.20. The van der Waals surface area contributed by atoms with Gasteiger partial charge in [0.25, 0.3) is 0 Å². The molecule has 0 amide bonds. The molecule has 1 saturated heterocycles. The first-order chi connectivity index (χ1) is 8.65. The standard InChI is InChI=1S/C13H23N3O2/c1-9(2)7-11(14)13-15-12(16-18-13)8-10-5-3-4-6-17-10/h9-11H,3-8,14H2,1-2H3. The minimum atomic E-state index is -0.154. The van der Waals surface area contributed by atoms with Gasteiger partial charge in [0.05, 0.1) is 12.1 Å². The summed E-state index contributed by atoms with van der Waals surface area (Å²) in [5.74, 6) is 1.79. The summed E-state index contributed by atoms with van der Waals surface area (Å²) in [6.45, 7) is 5.11. The Labute approximate surface area is 108 Å². The average molecular weight is 253 g/mol. The number of nitrogens with two attached hydrogens (primary N) is 1. The van der Waals surface area contributed by atoms with Gasteiger partial charge in [-0.25, -0.2) is 0 Å². The summed E-state index contributed by atoms with van der Waals surface area (Å²) < 4.78 is 10.9. The van der Waals surface area contributed by atoms with Crippen LogP contribution >= 0.6 is 0 Å². The quantitative estimate of drug-likeness (QED) is 0.871. The number of hydrogen-bond acceptors (Lipinski definition) is 5. The number of ether oxygens (including phenoxy) is 1. The normalized spacial score (nSPS) is 22.3. The van der Waals surface area contributed by atoms with Crippen molar-refractivity contribution in [3.8, 4) is 0 Å². The van der Waals surface area contributed by atoms with Gasteiger partial charge in [0.1, 0.15) is 0 Å². The maximum Gasteiger partial charge on any atom is 0.243 e. The highest BCUT2D eigenvalue weighted by Crippen LogP contribution is 2.19. The van der Waals surface area contributed by atoms with Crippen molar-refractivity contribution in [2.75, 3.05) is 6.61 Å². The van der Waals surface area contributed by atoms with Crippen molar-refractivity contribution in [3.05, 3.63) is 11.7 Å². The molecule has 1 aliphatic heterocycles. The highest BCUT2D eigenvalue weighted by molar-refractivity contribution is 4.94. The molecule has 0 radical (unpaired) electrons. The van der Waals surface area contributed by atoms with E-state index >= 15 is 0 Å². The molecule has 1 aliphatic rings. The lowest BCUT2D eigenvalue weighted by molar-refractivity contribution is 0.0153. The van der Waals surface area contributed by atoms with E-state index in [0.29, 0.717) is 11.8 Å². The Kier molecular flexibility index (Phi) is 4.72. The van der Waals surface area contributed by atoms with Crippen LogP contribution in [-0.4, -0.2) is 22.9 Å². The number of aromatic nitrogens is 2. The second-order valence-corrected chi connectivity index (χ2v) is 5.48. The van der Waals surface area contributed by atoms with Crippen molar-refractivity contribution in [1.82, 2.24) is 10.1 Å². The maximum atomic E-state index is 6.01. The van der Waals surface area contributed by atoms with Gasteiger partial charge in [-0.1, -0.05) is 19.0 Å². The summed E-state index contributed by atoms with van der Waals surface area (Å²) in [6, 6.07) is -0.154. The lowest BCUT2D eigenvalue weighted by Crippen LogP contribution is -2.22. The molecule has 2 N–H and O–H groups in total. The fourth-order valence-corrected chi connectivity index (χ4v) is 2.28. The molecule has 0 aliphatic carbocycles. The second-order valence-electron chi connectivity index (χ2n) is 5.48. The summed E-state index contributed by atoms with van der Waals surface area (Å²) in [5, 5.41) is 3.99. The van der Waals surface area contributed by atoms with Crippen LogP contribution in [-0.2, 0) is 11.2 Å². The molecule has 1 aromatic rings. The molecule has 2 unspecified atom stereocenters. The predicted octanol–water partition coefficient (Wildman–Crippen LogP) is 2.23. The van der Waals surface area contributed by atoms with Gasteiger partial charge >= 0.3 is 0 Å². The van der Waals surface area contributed by atoms with E-state index in [1.165, 1.54) is 6.42 Å². The zero-order chi connectivity index (χ0) is 13.0. The minimum absolute atomic E-state index is 0.154. The predicted molar refractivity (Wildman–Crippen MR) is 68.0 cm³/mol.